The zero-order valence-electron chi connectivity index (χ0n) is 27.3. The number of methoxy groups -OCH3 is 1. The van der Waals surface area contributed by atoms with Crippen molar-refractivity contribution in [3.63, 3.8) is 0 Å². The average molecular weight is 658 g/mol. The van der Waals surface area contributed by atoms with E-state index in [1.165, 1.54) is 17.0 Å². The first-order chi connectivity index (χ1) is 22.7. The summed E-state index contributed by atoms with van der Waals surface area (Å²) in [7, 11) is -2.64. The van der Waals surface area contributed by atoms with E-state index in [0.717, 1.165) is 15.4 Å². The van der Waals surface area contributed by atoms with Crippen LogP contribution in [-0.2, 0) is 32.6 Å². The van der Waals surface area contributed by atoms with Crippen molar-refractivity contribution >= 4 is 27.5 Å². The number of carbonyl (C=O) groups is 2. The predicted molar refractivity (Wildman–Crippen MR) is 184 cm³/mol. The van der Waals surface area contributed by atoms with E-state index in [2.05, 4.69) is 5.32 Å². The van der Waals surface area contributed by atoms with E-state index in [9.17, 15) is 18.0 Å². The summed E-state index contributed by atoms with van der Waals surface area (Å²) in [5.74, 6) is 0.310. The SMILES string of the molecule is CCOc1ccc(N(CC(=O)N(Cc2cccc(OC)c2)[C@@H](Cc2ccccc2)C(=O)N[C@@H](C)CC)S(=O)(=O)c2ccccc2)cc1. The Kier molecular flexibility index (Phi) is 12.4. The smallest absolute Gasteiger partial charge is 0.264 e. The molecule has 0 unspecified atom stereocenters. The lowest BCUT2D eigenvalue weighted by atomic mass is 10.0. The lowest BCUT2D eigenvalue weighted by Crippen LogP contribution is -2.54. The van der Waals surface area contributed by atoms with Gasteiger partial charge in [0.1, 0.15) is 24.1 Å². The summed E-state index contributed by atoms with van der Waals surface area (Å²) in [6.07, 6.45) is 0.932. The third-order valence-electron chi connectivity index (χ3n) is 7.80. The zero-order chi connectivity index (χ0) is 33.8. The zero-order valence-corrected chi connectivity index (χ0v) is 28.2. The Morgan fingerprint density at radius 2 is 1.45 bits per heavy atom. The van der Waals surface area contributed by atoms with E-state index in [0.29, 0.717) is 24.5 Å². The fourth-order valence-electron chi connectivity index (χ4n) is 5.09. The molecular weight excluding hydrogens is 614 g/mol. The van der Waals surface area contributed by atoms with Crippen molar-refractivity contribution in [2.45, 2.75) is 57.1 Å². The van der Waals surface area contributed by atoms with Gasteiger partial charge in [-0.1, -0.05) is 67.6 Å². The Morgan fingerprint density at radius 3 is 2.06 bits per heavy atom. The maximum atomic E-state index is 14.6. The Morgan fingerprint density at radius 1 is 0.809 bits per heavy atom. The molecule has 0 heterocycles. The quantitative estimate of drug-likeness (QED) is 0.162. The molecule has 0 aliphatic rings. The molecule has 10 heteroatoms. The van der Waals surface area contributed by atoms with Crippen LogP contribution < -0.4 is 19.1 Å². The molecule has 2 atom stereocenters. The third-order valence-corrected chi connectivity index (χ3v) is 9.59. The lowest BCUT2D eigenvalue weighted by Gasteiger charge is -2.34. The molecule has 2 amide bonds. The molecule has 47 heavy (non-hydrogen) atoms. The lowest BCUT2D eigenvalue weighted by molar-refractivity contribution is -0.140. The van der Waals surface area contributed by atoms with Crippen LogP contribution in [0.2, 0.25) is 0 Å². The summed E-state index contributed by atoms with van der Waals surface area (Å²) in [5, 5.41) is 3.05. The van der Waals surface area contributed by atoms with Crippen LogP contribution in [0, 0.1) is 0 Å². The first-order valence-corrected chi connectivity index (χ1v) is 17.2. The van der Waals surface area contributed by atoms with E-state index in [1.807, 2.05) is 63.2 Å². The largest absolute Gasteiger partial charge is 0.497 e. The normalized spacial score (nSPS) is 12.4. The molecule has 1 N–H and O–H groups in total. The molecule has 248 valence electrons. The number of carbonyl (C=O) groups excluding carboxylic acids is 2. The van der Waals surface area contributed by atoms with Crippen molar-refractivity contribution < 1.29 is 27.5 Å². The van der Waals surface area contributed by atoms with E-state index in [-0.39, 0.29) is 35.5 Å². The second-order valence-corrected chi connectivity index (χ2v) is 13.0. The number of rotatable bonds is 16. The minimum absolute atomic E-state index is 0.0383. The van der Waals surface area contributed by atoms with Crippen LogP contribution in [0.1, 0.15) is 38.3 Å². The molecule has 0 aliphatic heterocycles. The molecule has 0 radical (unpaired) electrons. The second kappa shape index (κ2) is 16.6. The van der Waals surface area contributed by atoms with Crippen LogP contribution in [0.3, 0.4) is 0 Å². The highest BCUT2D eigenvalue weighted by molar-refractivity contribution is 7.92. The maximum absolute atomic E-state index is 14.6. The first kappa shape index (κ1) is 35.0. The van der Waals surface area contributed by atoms with Gasteiger partial charge in [-0.15, -0.1) is 0 Å². The van der Waals surface area contributed by atoms with Gasteiger partial charge in [-0.05, 0) is 79.9 Å². The second-order valence-electron chi connectivity index (χ2n) is 11.1. The standard InChI is InChI=1S/C37H43N3O6S/c1-5-28(3)38-37(42)35(25-29-14-9-7-10-15-29)39(26-30-16-13-17-33(24-30)45-4)36(41)27-40(31-20-22-32(23-21-31)46-6-2)47(43,44)34-18-11-8-12-19-34/h7-24,28,35H,5-6,25-27H2,1-4H3,(H,38,42)/t28-,35-/m0/s1. The van der Waals surface area contributed by atoms with E-state index in [1.54, 1.807) is 61.7 Å². The molecule has 0 aliphatic carbocycles. The summed E-state index contributed by atoms with van der Waals surface area (Å²) < 4.78 is 40.4. The monoisotopic (exact) mass is 657 g/mol. The highest BCUT2D eigenvalue weighted by Gasteiger charge is 2.35. The van der Waals surface area contributed by atoms with Crippen LogP contribution in [0.25, 0.3) is 0 Å². The van der Waals surface area contributed by atoms with Crippen LogP contribution in [0.5, 0.6) is 11.5 Å². The van der Waals surface area contributed by atoms with Gasteiger partial charge in [-0.3, -0.25) is 13.9 Å². The Labute approximate surface area is 278 Å². The van der Waals surface area contributed by atoms with E-state index in [4.69, 9.17) is 9.47 Å². The minimum atomic E-state index is -4.19. The maximum Gasteiger partial charge on any atom is 0.264 e. The average Bonchev–Trinajstić information content (AvgIpc) is 3.10. The summed E-state index contributed by atoms with van der Waals surface area (Å²) >= 11 is 0. The highest BCUT2D eigenvalue weighted by Crippen LogP contribution is 2.27. The van der Waals surface area contributed by atoms with E-state index >= 15 is 0 Å². The number of anilines is 1. The van der Waals surface area contributed by atoms with Crippen molar-refractivity contribution in [1.82, 2.24) is 10.2 Å². The molecule has 4 rings (SSSR count). The topological polar surface area (TPSA) is 105 Å². The molecular formula is C37H43N3O6S. The van der Waals surface area contributed by atoms with Gasteiger partial charge in [0.15, 0.2) is 0 Å². The number of hydrogen-bond donors (Lipinski definition) is 1. The van der Waals surface area contributed by atoms with Gasteiger partial charge in [0.25, 0.3) is 10.0 Å². The van der Waals surface area contributed by atoms with Crippen molar-refractivity contribution in [3.05, 3.63) is 120 Å². The molecule has 0 bridgehead atoms. The fraction of sp³-hybridized carbons (Fsp3) is 0.297. The van der Waals surface area contributed by atoms with Crippen LogP contribution in [0.4, 0.5) is 5.69 Å². The van der Waals surface area contributed by atoms with Crippen molar-refractivity contribution in [2.75, 3.05) is 24.6 Å². The fourth-order valence-corrected chi connectivity index (χ4v) is 6.52. The number of sulfonamides is 1. The summed E-state index contributed by atoms with van der Waals surface area (Å²) in [5.41, 5.74) is 1.88. The number of amides is 2. The number of benzene rings is 4. The van der Waals surface area contributed by atoms with Crippen molar-refractivity contribution in [1.29, 1.82) is 0 Å². The summed E-state index contributed by atoms with van der Waals surface area (Å²) in [4.78, 5) is 30.1. The van der Waals surface area contributed by atoms with Crippen LogP contribution in [-0.4, -0.2) is 57.5 Å². The van der Waals surface area contributed by atoms with Gasteiger partial charge < -0.3 is 19.7 Å². The summed E-state index contributed by atoms with van der Waals surface area (Å²) in [6, 6.07) is 30.2. The van der Waals surface area contributed by atoms with Gasteiger partial charge in [0, 0.05) is 19.0 Å². The summed E-state index contributed by atoms with van der Waals surface area (Å²) in [6.45, 7) is 5.69. The van der Waals surface area contributed by atoms with Crippen molar-refractivity contribution in [3.8, 4) is 11.5 Å². The Bertz CT molecular complexity index is 1700. The molecule has 0 aromatic heterocycles. The first-order valence-electron chi connectivity index (χ1n) is 15.7. The number of hydrogen-bond acceptors (Lipinski definition) is 6. The van der Waals surface area contributed by atoms with E-state index < -0.39 is 28.5 Å². The number of nitrogens with zero attached hydrogens (tertiary/aromatic N) is 2. The Balaban J connectivity index is 1.81. The van der Waals surface area contributed by atoms with Crippen molar-refractivity contribution in [2.24, 2.45) is 0 Å². The highest BCUT2D eigenvalue weighted by atomic mass is 32.2. The minimum Gasteiger partial charge on any atom is -0.497 e. The molecule has 0 spiro atoms. The van der Waals surface area contributed by atoms with Gasteiger partial charge in [-0.25, -0.2) is 8.42 Å². The molecule has 9 nitrogen and oxygen atoms in total. The van der Waals surface area contributed by atoms with Crippen LogP contribution in [0.15, 0.2) is 114 Å². The third kappa shape index (κ3) is 9.36. The van der Waals surface area contributed by atoms with Crippen LogP contribution >= 0.6 is 0 Å². The molecule has 0 saturated heterocycles. The molecule has 4 aromatic carbocycles. The molecule has 4 aromatic rings. The number of ether oxygens (including phenoxy) is 2. The number of nitrogens with one attached hydrogen (secondary N) is 1. The van der Waals surface area contributed by atoms with Gasteiger partial charge in [0.05, 0.1) is 24.3 Å². The predicted octanol–water partition coefficient (Wildman–Crippen LogP) is 5.84. The van der Waals surface area contributed by atoms with Gasteiger partial charge in [-0.2, -0.15) is 0 Å². The molecule has 0 fully saturated rings. The Hall–Kier alpha value is -4.83. The van der Waals surface area contributed by atoms with Gasteiger partial charge >= 0.3 is 0 Å². The molecule has 0 saturated carbocycles. The van der Waals surface area contributed by atoms with Gasteiger partial charge in [0.2, 0.25) is 11.8 Å².